The van der Waals surface area contributed by atoms with Crippen molar-refractivity contribution in [2.75, 3.05) is 16.9 Å². The van der Waals surface area contributed by atoms with Crippen LogP contribution in [0.25, 0.3) is 11.1 Å². The molecule has 4 rings (SSSR count). The summed E-state index contributed by atoms with van der Waals surface area (Å²) in [6, 6.07) is 18.0. The lowest BCUT2D eigenvalue weighted by atomic mass is 10.0. The summed E-state index contributed by atoms with van der Waals surface area (Å²) >= 11 is 5.83. The van der Waals surface area contributed by atoms with E-state index in [0.29, 0.717) is 16.1 Å². The lowest BCUT2D eigenvalue weighted by Gasteiger charge is -2.13. The Hall–Kier alpha value is -4.08. The van der Waals surface area contributed by atoms with Crippen LogP contribution in [0.4, 0.5) is 15.9 Å². The van der Waals surface area contributed by atoms with Gasteiger partial charge in [-0.2, -0.15) is 0 Å². The summed E-state index contributed by atoms with van der Waals surface area (Å²) in [6.07, 6.45) is 2.46. The van der Waals surface area contributed by atoms with Crippen LogP contribution in [-0.2, 0) is 9.84 Å². The molecule has 188 valence electrons. The Morgan fingerprint density at radius 2 is 1.62 bits per heavy atom. The van der Waals surface area contributed by atoms with Crippen molar-refractivity contribution in [3.05, 3.63) is 107 Å². The van der Waals surface area contributed by atoms with Gasteiger partial charge in [-0.15, -0.1) is 0 Å². The fourth-order valence-electron chi connectivity index (χ4n) is 3.67. The van der Waals surface area contributed by atoms with E-state index in [1.165, 1.54) is 30.5 Å². The topological polar surface area (TPSA) is 105 Å². The van der Waals surface area contributed by atoms with Gasteiger partial charge in [-0.1, -0.05) is 47.5 Å². The maximum absolute atomic E-state index is 15.1. The first-order valence-electron chi connectivity index (χ1n) is 11.0. The largest absolute Gasteiger partial charge is 0.321 e. The van der Waals surface area contributed by atoms with E-state index in [1.54, 1.807) is 49.4 Å². The van der Waals surface area contributed by atoms with E-state index >= 15 is 4.39 Å². The molecule has 0 aliphatic carbocycles. The van der Waals surface area contributed by atoms with Gasteiger partial charge in [0.25, 0.3) is 11.8 Å². The number of halogens is 2. The predicted molar refractivity (Wildman–Crippen MR) is 141 cm³/mol. The van der Waals surface area contributed by atoms with Gasteiger partial charge in [-0.05, 0) is 55.0 Å². The van der Waals surface area contributed by atoms with Crippen molar-refractivity contribution in [2.24, 2.45) is 0 Å². The zero-order chi connectivity index (χ0) is 26.7. The molecule has 0 saturated heterocycles. The van der Waals surface area contributed by atoms with Gasteiger partial charge in [0.1, 0.15) is 11.6 Å². The normalized spacial score (nSPS) is 11.1. The number of benzene rings is 3. The maximum atomic E-state index is 15.1. The van der Waals surface area contributed by atoms with E-state index in [-0.39, 0.29) is 27.5 Å². The molecule has 0 bridgehead atoms. The van der Waals surface area contributed by atoms with Crippen LogP contribution in [-0.4, -0.2) is 31.5 Å². The highest BCUT2D eigenvalue weighted by atomic mass is 35.5. The third kappa shape index (κ3) is 6.02. The number of aromatic nitrogens is 1. The lowest BCUT2D eigenvalue weighted by molar-refractivity contribution is 0.102. The van der Waals surface area contributed by atoms with E-state index in [2.05, 4.69) is 15.6 Å². The summed E-state index contributed by atoms with van der Waals surface area (Å²) in [7, 11) is -3.55. The van der Waals surface area contributed by atoms with Crippen LogP contribution in [0.5, 0.6) is 0 Å². The van der Waals surface area contributed by atoms with Crippen molar-refractivity contribution in [2.45, 2.75) is 11.8 Å². The number of nitrogens with one attached hydrogen (secondary N) is 2. The summed E-state index contributed by atoms with van der Waals surface area (Å²) in [5.41, 5.74) is 1.46. The average Bonchev–Trinajstić information content (AvgIpc) is 2.85. The van der Waals surface area contributed by atoms with Crippen LogP contribution in [0.3, 0.4) is 0 Å². The highest BCUT2D eigenvalue weighted by Gasteiger charge is 2.20. The number of amides is 2. The molecule has 2 N–H and O–H groups in total. The van der Waals surface area contributed by atoms with Gasteiger partial charge in [0.2, 0.25) is 0 Å². The molecule has 2 amide bonds. The number of hydrogen-bond acceptors (Lipinski definition) is 5. The molecule has 37 heavy (non-hydrogen) atoms. The number of aryl methyl sites for hydroxylation is 1. The molecular weight excluding hydrogens is 517 g/mol. The van der Waals surface area contributed by atoms with Gasteiger partial charge in [0.15, 0.2) is 9.84 Å². The van der Waals surface area contributed by atoms with Gasteiger partial charge in [0.05, 0.1) is 26.7 Å². The Morgan fingerprint density at radius 1 is 0.892 bits per heavy atom. The van der Waals surface area contributed by atoms with Crippen LogP contribution in [0.15, 0.2) is 83.9 Å². The molecule has 0 aliphatic rings. The molecule has 0 saturated carbocycles. The first-order chi connectivity index (χ1) is 17.5. The number of carbonyl (C=O) groups is 2. The molecule has 0 spiro atoms. The van der Waals surface area contributed by atoms with E-state index in [4.69, 9.17) is 11.6 Å². The van der Waals surface area contributed by atoms with Crippen molar-refractivity contribution in [3.8, 4) is 11.1 Å². The fourth-order valence-corrected chi connectivity index (χ4v) is 4.70. The molecular formula is C27H21ClFN3O4S. The highest BCUT2D eigenvalue weighted by Crippen LogP contribution is 2.29. The second kappa shape index (κ2) is 10.5. The second-order valence-corrected chi connectivity index (χ2v) is 10.7. The molecule has 4 aromatic rings. The van der Waals surface area contributed by atoms with Crippen molar-refractivity contribution in [1.29, 1.82) is 0 Å². The van der Waals surface area contributed by atoms with Crippen LogP contribution in [0.2, 0.25) is 5.02 Å². The van der Waals surface area contributed by atoms with Crippen molar-refractivity contribution in [1.82, 2.24) is 4.98 Å². The highest BCUT2D eigenvalue weighted by molar-refractivity contribution is 7.90. The summed E-state index contributed by atoms with van der Waals surface area (Å²) in [4.78, 5) is 30.0. The third-order valence-electron chi connectivity index (χ3n) is 5.45. The fraction of sp³-hybridized carbons (Fsp3) is 0.0741. The first-order valence-corrected chi connectivity index (χ1v) is 13.2. The molecule has 7 nitrogen and oxygen atoms in total. The lowest BCUT2D eigenvalue weighted by Crippen LogP contribution is -2.19. The minimum atomic E-state index is -3.55. The predicted octanol–water partition coefficient (Wildman–Crippen LogP) is 5.76. The third-order valence-corrected chi connectivity index (χ3v) is 6.83. The van der Waals surface area contributed by atoms with Crippen LogP contribution in [0.1, 0.15) is 26.3 Å². The molecule has 0 unspecified atom stereocenters. The Balaban J connectivity index is 1.61. The van der Waals surface area contributed by atoms with Crippen molar-refractivity contribution < 1.29 is 22.4 Å². The summed E-state index contributed by atoms with van der Waals surface area (Å²) in [6.45, 7) is 1.79. The number of anilines is 2. The summed E-state index contributed by atoms with van der Waals surface area (Å²) in [5.74, 6) is -1.88. The van der Waals surface area contributed by atoms with E-state index in [9.17, 15) is 18.0 Å². The first kappa shape index (κ1) is 26.0. The van der Waals surface area contributed by atoms with Crippen LogP contribution in [0, 0.1) is 12.7 Å². The zero-order valence-corrected chi connectivity index (χ0v) is 21.3. The van der Waals surface area contributed by atoms with Crippen molar-refractivity contribution >= 4 is 44.8 Å². The monoisotopic (exact) mass is 537 g/mol. The smallest absolute Gasteiger partial charge is 0.258 e. The number of carbonyl (C=O) groups excluding carboxylic acids is 2. The second-order valence-electron chi connectivity index (χ2n) is 8.28. The molecule has 1 aromatic heterocycles. The molecule has 0 fully saturated rings. The van der Waals surface area contributed by atoms with Gasteiger partial charge >= 0.3 is 0 Å². The van der Waals surface area contributed by atoms with Gasteiger partial charge < -0.3 is 10.6 Å². The zero-order valence-electron chi connectivity index (χ0n) is 19.7. The Labute approximate surface area is 218 Å². The summed E-state index contributed by atoms with van der Waals surface area (Å²) in [5, 5.41) is 5.64. The molecule has 0 atom stereocenters. The minimum absolute atomic E-state index is 0.0529. The molecule has 10 heteroatoms. The van der Waals surface area contributed by atoms with E-state index in [0.717, 1.165) is 17.9 Å². The Kier molecular flexibility index (Phi) is 7.37. The van der Waals surface area contributed by atoms with E-state index in [1.807, 2.05) is 0 Å². The number of sulfone groups is 1. The number of nitrogens with zero attached hydrogens (tertiary/aromatic N) is 1. The van der Waals surface area contributed by atoms with E-state index < -0.39 is 27.5 Å². The Bertz CT molecular complexity index is 1620. The van der Waals surface area contributed by atoms with Gasteiger partial charge in [-0.25, -0.2) is 17.8 Å². The van der Waals surface area contributed by atoms with Crippen LogP contribution < -0.4 is 10.6 Å². The molecule has 3 aromatic carbocycles. The quantitative estimate of drug-likeness (QED) is 0.325. The van der Waals surface area contributed by atoms with Gasteiger partial charge in [-0.3, -0.25) is 9.59 Å². The molecule has 1 heterocycles. The van der Waals surface area contributed by atoms with Crippen LogP contribution >= 0.6 is 11.6 Å². The number of rotatable bonds is 6. The average molecular weight is 538 g/mol. The molecule has 0 radical (unpaired) electrons. The number of hydrogen-bond donors (Lipinski definition) is 2. The molecule has 0 aliphatic heterocycles. The van der Waals surface area contributed by atoms with Gasteiger partial charge in [0, 0.05) is 18.0 Å². The standard InChI is InChI=1S/C27H21ClFN3O4S/c1-16-7-11-23(21(13-16)27(34)32-25-12-9-18(28)15-30-25)31-26(33)20-10-8-17(14-22(20)29)19-5-3-4-6-24(19)37(2,35)36/h3-15H,1-2H3,(H,31,33)(H,30,32,34). The number of pyridine rings is 1. The maximum Gasteiger partial charge on any atom is 0.258 e. The minimum Gasteiger partial charge on any atom is -0.321 e. The van der Waals surface area contributed by atoms with Crippen molar-refractivity contribution in [3.63, 3.8) is 0 Å². The Morgan fingerprint density at radius 3 is 2.30 bits per heavy atom. The SMILES string of the molecule is Cc1ccc(NC(=O)c2ccc(-c3ccccc3S(C)(=O)=O)cc2F)c(C(=O)Nc2ccc(Cl)cn2)c1. The summed E-state index contributed by atoms with van der Waals surface area (Å²) < 4.78 is 39.3.